The Morgan fingerprint density at radius 1 is 1.25 bits per heavy atom. The molecule has 5 heteroatoms. The van der Waals surface area contributed by atoms with Crippen LogP contribution in [0.3, 0.4) is 0 Å². The number of pyridine rings is 1. The predicted molar refractivity (Wildman–Crippen MR) is 75.1 cm³/mol. The van der Waals surface area contributed by atoms with Gasteiger partial charge in [-0.3, -0.25) is 0 Å². The van der Waals surface area contributed by atoms with Crippen molar-refractivity contribution in [2.45, 2.75) is 37.8 Å². The first-order chi connectivity index (χ1) is 7.24. The highest BCUT2D eigenvalue weighted by atomic mass is 127. The normalized spacial score (nSPS) is 24.6. The molecule has 2 N–H and O–H groups in total. The lowest BCUT2D eigenvalue weighted by molar-refractivity contribution is 0.141. The number of ether oxygens (including phenoxy) is 1. The summed E-state index contributed by atoms with van der Waals surface area (Å²) in [7, 11) is 0. The number of nitrogens with two attached hydrogens (primary N) is 1. The maximum atomic E-state index is 5.84. The maximum absolute atomic E-state index is 5.84. The van der Waals surface area contributed by atoms with Gasteiger partial charge in [-0.25, -0.2) is 4.98 Å². The van der Waals surface area contributed by atoms with Crippen LogP contribution in [0.5, 0.6) is 5.88 Å². The van der Waals surface area contributed by atoms with Gasteiger partial charge < -0.3 is 10.5 Å². The average Bonchev–Trinajstić information content (AvgIpc) is 2.25. The minimum atomic E-state index is 0. The van der Waals surface area contributed by atoms with Gasteiger partial charge in [0.25, 0.3) is 0 Å². The van der Waals surface area contributed by atoms with Crippen LogP contribution in [0.4, 0.5) is 0 Å². The number of hydrogen-bond donors (Lipinski definition) is 1. The zero-order valence-electron chi connectivity index (χ0n) is 8.93. The number of halogens is 2. The Kier molecular flexibility index (Phi) is 5.78. The Labute approximate surface area is 116 Å². The van der Waals surface area contributed by atoms with Crippen LogP contribution in [-0.4, -0.2) is 17.1 Å². The molecule has 16 heavy (non-hydrogen) atoms. The molecule has 0 atom stereocenters. The highest BCUT2D eigenvalue weighted by Gasteiger charge is 2.19. The molecule has 1 heterocycles. The fourth-order valence-corrected chi connectivity index (χ4v) is 2.13. The van der Waals surface area contributed by atoms with Crippen molar-refractivity contribution in [3.63, 3.8) is 0 Å². The molecule has 0 saturated heterocycles. The molecule has 1 saturated carbocycles. The lowest BCUT2D eigenvalue weighted by Crippen LogP contribution is -2.31. The van der Waals surface area contributed by atoms with E-state index in [1.807, 2.05) is 18.3 Å². The summed E-state index contributed by atoms with van der Waals surface area (Å²) in [5.41, 5.74) is 5.84. The van der Waals surface area contributed by atoms with Gasteiger partial charge in [-0.2, -0.15) is 0 Å². The van der Waals surface area contributed by atoms with E-state index in [1.54, 1.807) is 0 Å². The van der Waals surface area contributed by atoms with Crippen molar-refractivity contribution >= 4 is 35.0 Å². The second-order valence-corrected chi connectivity index (χ2v) is 5.21. The molecule has 90 valence electrons. The molecular weight excluding hydrogens is 338 g/mol. The minimum absolute atomic E-state index is 0. The zero-order chi connectivity index (χ0) is 10.7. The quantitative estimate of drug-likeness (QED) is 0.831. The highest BCUT2D eigenvalue weighted by Crippen LogP contribution is 2.21. The fourth-order valence-electron chi connectivity index (χ4n) is 1.81. The summed E-state index contributed by atoms with van der Waals surface area (Å²) in [6.45, 7) is 0. The topological polar surface area (TPSA) is 48.1 Å². The van der Waals surface area contributed by atoms with Crippen LogP contribution >= 0.6 is 35.0 Å². The van der Waals surface area contributed by atoms with Crippen LogP contribution < -0.4 is 10.5 Å². The van der Waals surface area contributed by atoms with Gasteiger partial charge in [0, 0.05) is 21.9 Å². The smallest absolute Gasteiger partial charge is 0.213 e. The molecule has 0 aliphatic heterocycles. The van der Waals surface area contributed by atoms with E-state index in [-0.39, 0.29) is 12.4 Å². The molecule has 0 spiro atoms. The van der Waals surface area contributed by atoms with Gasteiger partial charge in [-0.05, 0) is 54.3 Å². The van der Waals surface area contributed by atoms with Crippen molar-refractivity contribution in [2.75, 3.05) is 0 Å². The van der Waals surface area contributed by atoms with Crippen molar-refractivity contribution in [3.8, 4) is 5.88 Å². The van der Waals surface area contributed by atoms with Gasteiger partial charge in [0.15, 0.2) is 0 Å². The zero-order valence-corrected chi connectivity index (χ0v) is 11.9. The molecule has 1 aromatic heterocycles. The summed E-state index contributed by atoms with van der Waals surface area (Å²) in [5.74, 6) is 0.732. The molecule has 2 rings (SSSR count). The first-order valence-electron chi connectivity index (χ1n) is 5.28. The molecule has 0 amide bonds. The van der Waals surface area contributed by atoms with E-state index in [1.165, 1.54) is 0 Å². The lowest BCUT2D eigenvalue weighted by Gasteiger charge is -2.26. The SMILES string of the molecule is Cl.NC1CCC(Oc2ccc(I)cn2)CC1. The maximum Gasteiger partial charge on any atom is 0.213 e. The molecule has 1 fully saturated rings. The van der Waals surface area contributed by atoms with Crippen molar-refractivity contribution in [3.05, 3.63) is 21.9 Å². The van der Waals surface area contributed by atoms with E-state index in [2.05, 4.69) is 27.6 Å². The summed E-state index contributed by atoms with van der Waals surface area (Å²) in [4.78, 5) is 4.23. The van der Waals surface area contributed by atoms with Gasteiger partial charge in [-0.1, -0.05) is 0 Å². The second kappa shape index (κ2) is 6.61. The van der Waals surface area contributed by atoms with Crippen LogP contribution in [0.15, 0.2) is 18.3 Å². The Balaban J connectivity index is 0.00000128. The summed E-state index contributed by atoms with van der Waals surface area (Å²) >= 11 is 2.24. The van der Waals surface area contributed by atoms with Crippen LogP contribution in [0.2, 0.25) is 0 Å². The second-order valence-electron chi connectivity index (χ2n) is 3.97. The Hall–Kier alpha value is -0.0700. The molecule has 1 aliphatic rings. The van der Waals surface area contributed by atoms with Gasteiger partial charge >= 0.3 is 0 Å². The van der Waals surface area contributed by atoms with Crippen molar-refractivity contribution in [2.24, 2.45) is 5.73 Å². The summed E-state index contributed by atoms with van der Waals surface area (Å²) < 4.78 is 6.92. The first kappa shape index (κ1) is 14.0. The van der Waals surface area contributed by atoms with Crippen LogP contribution in [-0.2, 0) is 0 Å². The third-order valence-corrected chi connectivity index (χ3v) is 3.34. The van der Waals surface area contributed by atoms with Gasteiger partial charge in [-0.15, -0.1) is 12.4 Å². The Morgan fingerprint density at radius 2 is 1.94 bits per heavy atom. The number of nitrogens with zero attached hydrogens (tertiary/aromatic N) is 1. The molecule has 1 aliphatic carbocycles. The van der Waals surface area contributed by atoms with Crippen LogP contribution in [0.1, 0.15) is 25.7 Å². The van der Waals surface area contributed by atoms with Crippen LogP contribution in [0.25, 0.3) is 0 Å². The van der Waals surface area contributed by atoms with E-state index in [9.17, 15) is 0 Å². The Morgan fingerprint density at radius 3 is 2.50 bits per heavy atom. The molecule has 1 aromatic rings. The van der Waals surface area contributed by atoms with E-state index in [4.69, 9.17) is 10.5 Å². The fraction of sp³-hybridized carbons (Fsp3) is 0.545. The summed E-state index contributed by atoms with van der Waals surface area (Å²) in [6.07, 6.45) is 6.36. The van der Waals surface area contributed by atoms with Crippen molar-refractivity contribution < 1.29 is 4.74 Å². The number of aromatic nitrogens is 1. The molecule has 0 radical (unpaired) electrons. The number of rotatable bonds is 2. The predicted octanol–water partition coefficient (Wildman–Crippen LogP) is 2.76. The van der Waals surface area contributed by atoms with Gasteiger partial charge in [0.05, 0.1) is 0 Å². The third-order valence-electron chi connectivity index (χ3n) is 2.71. The van der Waals surface area contributed by atoms with E-state index < -0.39 is 0 Å². The summed E-state index contributed by atoms with van der Waals surface area (Å²) in [6, 6.07) is 4.31. The van der Waals surface area contributed by atoms with E-state index in [0.717, 1.165) is 35.1 Å². The molecule has 0 bridgehead atoms. The Bertz CT molecular complexity index is 312. The number of hydrogen-bond acceptors (Lipinski definition) is 3. The van der Waals surface area contributed by atoms with Crippen molar-refractivity contribution in [1.29, 1.82) is 0 Å². The lowest BCUT2D eigenvalue weighted by atomic mass is 9.94. The minimum Gasteiger partial charge on any atom is -0.474 e. The third kappa shape index (κ3) is 4.07. The van der Waals surface area contributed by atoms with E-state index in [0.29, 0.717) is 12.1 Å². The standard InChI is InChI=1S/C11H15IN2O.ClH/c12-8-1-6-11(14-7-8)15-10-4-2-9(13)3-5-10;/h1,6-7,9-10H,2-5,13H2;1H. The molecular formula is C11H16ClIN2O. The first-order valence-corrected chi connectivity index (χ1v) is 6.36. The van der Waals surface area contributed by atoms with Gasteiger partial charge in [0.2, 0.25) is 5.88 Å². The average molecular weight is 355 g/mol. The van der Waals surface area contributed by atoms with Crippen molar-refractivity contribution in [1.82, 2.24) is 4.98 Å². The highest BCUT2D eigenvalue weighted by molar-refractivity contribution is 14.1. The molecule has 0 aromatic carbocycles. The molecule has 0 unspecified atom stereocenters. The van der Waals surface area contributed by atoms with E-state index >= 15 is 0 Å². The molecule has 3 nitrogen and oxygen atoms in total. The monoisotopic (exact) mass is 354 g/mol. The van der Waals surface area contributed by atoms with Crippen LogP contribution in [0, 0.1) is 3.57 Å². The summed E-state index contributed by atoms with van der Waals surface area (Å²) in [5, 5.41) is 0. The van der Waals surface area contributed by atoms with Gasteiger partial charge in [0.1, 0.15) is 6.10 Å². The largest absolute Gasteiger partial charge is 0.474 e.